The van der Waals surface area contributed by atoms with Gasteiger partial charge in [0.1, 0.15) is 5.60 Å². The summed E-state index contributed by atoms with van der Waals surface area (Å²) in [6.07, 6.45) is 2.26. The van der Waals surface area contributed by atoms with Crippen LogP contribution in [0.15, 0.2) is 0 Å². The van der Waals surface area contributed by atoms with Gasteiger partial charge in [-0.15, -0.1) is 0 Å². The predicted octanol–water partition coefficient (Wildman–Crippen LogP) is 2.39. The molecule has 1 aliphatic rings. The Bertz CT molecular complexity index is 271. The van der Waals surface area contributed by atoms with Gasteiger partial charge in [0.25, 0.3) is 0 Å². The molecule has 0 radical (unpaired) electrons. The zero-order valence-corrected chi connectivity index (χ0v) is 12.8. The van der Waals surface area contributed by atoms with E-state index in [9.17, 15) is 4.79 Å². The summed E-state index contributed by atoms with van der Waals surface area (Å²) in [5.74, 6) is 1.27. The third kappa shape index (κ3) is 6.50. The monoisotopic (exact) mass is 274 g/mol. The van der Waals surface area contributed by atoms with Gasteiger partial charge in [0.15, 0.2) is 0 Å². The van der Waals surface area contributed by atoms with Crippen molar-refractivity contribution >= 4 is 17.9 Å². The van der Waals surface area contributed by atoms with Crippen molar-refractivity contribution in [2.45, 2.75) is 50.9 Å². The minimum absolute atomic E-state index is 0.342. The SMILES string of the molecule is CC(C)(C)OC(=O)NCCNCC1(C)CCCS1. The predicted molar refractivity (Wildman–Crippen MR) is 77.2 cm³/mol. The molecule has 0 aliphatic carbocycles. The number of nitrogens with one attached hydrogen (secondary N) is 2. The Kier molecular flexibility index (Phi) is 5.79. The minimum Gasteiger partial charge on any atom is -0.444 e. The van der Waals surface area contributed by atoms with Crippen LogP contribution in [0.3, 0.4) is 0 Å². The third-order valence-electron chi connectivity index (χ3n) is 2.77. The second kappa shape index (κ2) is 6.66. The van der Waals surface area contributed by atoms with Crippen molar-refractivity contribution in [3.05, 3.63) is 0 Å². The molecule has 0 aromatic rings. The molecule has 1 atom stereocenters. The quantitative estimate of drug-likeness (QED) is 0.756. The van der Waals surface area contributed by atoms with Crippen LogP contribution < -0.4 is 10.6 Å². The van der Waals surface area contributed by atoms with Gasteiger partial charge < -0.3 is 15.4 Å². The van der Waals surface area contributed by atoms with Gasteiger partial charge in [0.05, 0.1) is 0 Å². The van der Waals surface area contributed by atoms with Crippen LogP contribution in [0.2, 0.25) is 0 Å². The topological polar surface area (TPSA) is 50.4 Å². The first-order valence-electron chi connectivity index (χ1n) is 6.62. The van der Waals surface area contributed by atoms with E-state index in [0.29, 0.717) is 11.3 Å². The van der Waals surface area contributed by atoms with Crippen molar-refractivity contribution in [3.63, 3.8) is 0 Å². The molecule has 1 amide bonds. The fourth-order valence-electron chi connectivity index (χ4n) is 1.90. The molecule has 1 fully saturated rings. The molecule has 0 bridgehead atoms. The van der Waals surface area contributed by atoms with E-state index in [4.69, 9.17) is 4.74 Å². The molecule has 2 N–H and O–H groups in total. The molecule has 1 rings (SSSR count). The fraction of sp³-hybridized carbons (Fsp3) is 0.923. The summed E-state index contributed by atoms with van der Waals surface area (Å²) in [5, 5.41) is 6.14. The minimum atomic E-state index is -0.425. The number of hydrogen-bond donors (Lipinski definition) is 2. The van der Waals surface area contributed by atoms with E-state index in [1.54, 1.807) is 0 Å². The molecule has 0 aromatic heterocycles. The van der Waals surface area contributed by atoms with Gasteiger partial charge in [0, 0.05) is 24.4 Å². The highest BCUT2D eigenvalue weighted by Gasteiger charge is 2.28. The van der Waals surface area contributed by atoms with Crippen molar-refractivity contribution < 1.29 is 9.53 Å². The molecule has 1 unspecified atom stereocenters. The molecule has 0 saturated carbocycles. The summed E-state index contributed by atoms with van der Waals surface area (Å²) < 4.78 is 5.54. The van der Waals surface area contributed by atoms with E-state index in [0.717, 1.165) is 13.1 Å². The second-order valence-electron chi connectivity index (χ2n) is 6.01. The van der Waals surface area contributed by atoms with E-state index in [1.807, 2.05) is 32.5 Å². The average Bonchev–Trinajstić information content (AvgIpc) is 2.62. The molecule has 106 valence electrons. The number of rotatable bonds is 5. The van der Waals surface area contributed by atoms with Gasteiger partial charge in [-0.25, -0.2) is 4.79 Å². The Morgan fingerprint density at radius 2 is 2.11 bits per heavy atom. The van der Waals surface area contributed by atoms with E-state index >= 15 is 0 Å². The van der Waals surface area contributed by atoms with Crippen molar-refractivity contribution in [2.24, 2.45) is 0 Å². The summed E-state index contributed by atoms with van der Waals surface area (Å²) in [4.78, 5) is 11.4. The first-order valence-corrected chi connectivity index (χ1v) is 7.61. The van der Waals surface area contributed by atoms with Gasteiger partial charge in [-0.05, 0) is 46.3 Å². The average molecular weight is 274 g/mol. The maximum absolute atomic E-state index is 11.4. The van der Waals surface area contributed by atoms with Crippen LogP contribution in [0.1, 0.15) is 40.5 Å². The summed E-state index contributed by atoms with van der Waals surface area (Å²) in [7, 11) is 0. The lowest BCUT2D eigenvalue weighted by Gasteiger charge is -2.23. The second-order valence-corrected chi connectivity index (χ2v) is 7.69. The Labute approximate surface area is 115 Å². The Balaban J connectivity index is 2.03. The summed E-state index contributed by atoms with van der Waals surface area (Å²) in [5.41, 5.74) is -0.425. The number of ether oxygens (including phenoxy) is 1. The van der Waals surface area contributed by atoms with Gasteiger partial charge in [-0.2, -0.15) is 11.8 Å². The van der Waals surface area contributed by atoms with Crippen LogP contribution in [-0.4, -0.2) is 41.8 Å². The third-order valence-corrected chi connectivity index (χ3v) is 4.31. The fourth-order valence-corrected chi connectivity index (χ4v) is 3.17. The van der Waals surface area contributed by atoms with Crippen LogP contribution >= 0.6 is 11.8 Å². The van der Waals surface area contributed by atoms with Crippen molar-refractivity contribution in [2.75, 3.05) is 25.4 Å². The Hall–Kier alpha value is -0.420. The Morgan fingerprint density at radius 3 is 2.67 bits per heavy atom. The molecule has 1 saturated heterocycles. The molecule has 0 aromatic carbocycles. The standard InChI is InChI=1S/C13H26N2O2S/c1-12(2,3)17-11(16)15-8-7-14-10-13(4)6-5-9-18-13/h14H,5-10H2,1-4H3,(H,15,16). The summed E-state index contributed by atoms with van der Waals surface area (Å²) in [6, 6.07) is 0. The largest absolute Gasteiger partial charge is 0.444 e. The summed E-state index contributed by atoms with van der Waals surface area (Å²) >= 11 is 2.04. The maximum atomic E-state index is 11.4. The number of amides is 1. The first-order chi connectivity index (χ1) is 8.31. The lowest BCUT2D eigenvalue weighted by atomic mass is 10.1. The van der Waals surface area contributed by atoms with Crippen molar-refractivity contribution in [1.29, 1.82) is 0 Å². The van der Waals surface area contributed by atoms with E-state index < -0.39 is 5.60 Å². The molecule has 4 nitrogen and oxygen atoms in total. The number of thioether (sulfide) groups is 1. The van der Waals surface area contributed by atoms with Gasteiger partial charge in [0.2, 0.25) is 0 Å². The zero-order valence-electron chi connectivity index (χ0n) is 12.0. The van der Waals surface area contributed by atoms with Crippen LogP contribution in [-0.2, 0) is 4.74 Å². The molecule has 18 heavy (non-hydrogen) atoms. The highest BCUT2D eigenvalue weighted by atomic mass is 32.2. The molecule has 0 spiro atoms. The highest BCUT2D eigenvalue weighted by molar-refractivity contribution is 8.00. The van der Waals surface area contributed by atoms with Crippen LogP contribution in [0.25, 0.3) is 0 Å². The first kappa shape index (κ1) is 15.6. The van der Waals surface area contributed by atoms with E-state index in [-0.39, 0.29) is 6.09 Å². The molecular weight excluding hydrogens is 248 g/mol. The van der Waals surface area contributed by atoms with E-state index in [1.165, 1.54) is 18.6 Å². The summed E-state index contributed by atoms with van der Waals surface area (Å²) in [6.45, 7) is 10.3. The molecule has 1 aliphatic heterocycles. The van der Waals surface area contributed by atoms with Crippen LogP contribution in [0, 0.1) is 0 Å². The number of hydrogen-bond acceptors (Lipinski definition) is 4. The van der Waals surface area contributed by atoms with Gasteiger partial charge in [-0.3, -0.25) is 0 Å². The van der Waals surface area contributed by atoms with Crippen LogP contribution in [0.5, 0.6) is 0 Å². The van der Waals surface area contributed by atoms with Crippen molar-refractivity contribution in [3.8, 4) is 0 Å². The van der Waals surface area contributed by atoms with Crippen molar-refractivity contribution in [1.82, 2.24) is 10.6 Å². The maximum Gasteiger partial charge on any atom is 0.407 e. The van der Waals surface area contributed by atoms with Gasteiger partial charge >= 0.3 is 6.09 Å². The van der Waals surface area contributed by atoms with E-state index in [2.05, 4.69) is 17.6 Å². The highest BCUT2D eigenvalue weighted by Crippen LogP contribution is 2.36. The zero-order chi connectivity index (χ0) is 13.6. The lowest BCUT2D eigenvalue weighted by molar-refractivity contribution is 0.0528. The molecule has 5 heteroatoms. The smallest absolute Gasteiger partial charge is 0.407 e. The number of alkyl carbamates (subject to hydrolysis) is 1. The lowest BCUT2D eigenvalue weighted by Crippen LogP contribution is -2.39. The number of carbonyl (C=O) groups is 1. The molecular formula is C13H26N2O2S. The number of carbonyl (C=O) groups excluding carboxylic acids is 1. The van der Waals surface area contributed by atoms with Gasteiger partial charge in [-0.1, -0.05) is 0 Å². The van der Waals surface area contributed by atoms with Crippen LogP contribution in [0.4, 0.5) is 4.79 Å². The Morgan fingerprint density at radius 1 is 1.39 bits per heavy atom. The normalized spacial score (nSPS) is 24.0. The molecule has 1 heterocycles.